The van der Waals surface area contributed by atoms with Crippen LogP contribution in [0.3, 0.4) is 0 Å². The van der Waals surface area contributed by atoms with Gasteiger partial charge >= 0.3 is 12.4 Å². The quantitative estimate of drug-likeness (QED) is 0.809. The molecule has 0 saturated carbocycles. The van der Waals surface area contributed by atoms with E-state index in [0.717, 1.165) is 18.2 Å². The van der Waals surface area contributed by atoms with E-state index in [4.69, 9.17) is 0 Å². The Morgan fingerprint density at radius 3 is 2.21 bits per heavy atom. The molecule has 1 unspecified atom stereocenters. The molecule has 1 aromatic rings. The van der Waals surface area contributed by atoms with Crippen LogP contribution >= 0.6 is 0 Å². The van der Waals surface area contributed by atoms with E-state index in [1.54, 1.807) is 0 Å². The topological polar surface area (TPSA) is 20.2 Å². The summed E-state index contributed by atoms with van der Waals surface area (Å²) >= 11 is 0. The van der Waals surface area contributed by atoms with Crippen LogP contribution in [0.2, 0.25) is 0 Å². The van der Waals surface area contributed by atoms with Gasteiger partial charge in [-0.1, -0.05) is 12.1 Å². The third kappa shape index (κ3) is 5.50. The molecule has 0 bridgehead atoms. The van der Waals surface area contributed by atoms with E-state index in [1.165, 1.54) is 6.07 Å². The van der Waals surface area contributed by atoms with Crippen LogP contribution < -0.4 is 0 Å². The second kappa shape index (κ2) is 5.81. The van der Waals surface area contributed by atoms with Gasteiger partial charge in [0.15, 0.2) is 0 Å². The summed E-state index contributed by atoms with van der Waals surface area (Å²) in [5.74, 6) is 0. The molecule has 0 aliphatic carbocycles. The fourth-order valence-corrected chi connectivity index (χ4v) is 1.58. The zero-order valence-electron chi connectivity index (χ0n) is 9.72. The number of rotatable bonds is 4. The van der Waals surface area contributed by atoms with Crippen molar-refractivity contribution in [1.82, 2.24) is 0 Å². The van der Waals surface area contributed by atoms with E-state index in [-0.39, 0.29) is 18.4 Å². The van der Waals surface area contributed by atoms with E-state index in [1.807, 2.05) is 0 Å². The molecular weight excluding hydrogens is 274 g/mol. The molecule has 0 aromatic heterocycles. The van der Waals surface area contributed by atoms with Crippen molar-refractivity contribution >= 4 is 0 Å². The Morgan fingerprint density at radius 2 is 1.68 bits per heavy atom. The predicted molar refractivity (Wildman–Crippen MR) is 56.3 cm³/mol. The van der Waals surface area contributed by atoms with E-state index >= 15 is 0 Å². The van der Waals surface area contributed by atoms with Gasteiger partial charge < -0.3 is 5.11 Å². The van der Waals surface area contributed by atoms with Crippen molar-refractivity contribution in [2.24, 2.45) is 0 Å². The minimum Gasteiger partial charge on any atom is -0.388 e. The first-order valence-corrected chi connectivity index (χ1v) is 5.51. The molecule has 0 aliphatic rings. The highest BCUT2D eigenvalue weighted by Crippen LogP contribution is 2.32. The first-order chi connectivity index (χ1) is 8.59. The van der Waals surface area contributed by atoms with Crippen molar-refractivity contribution in [2.75, 3.05) is 0 Å². The lowest BCUT2D eigenvalue weighted by atomic mass is 10.0. The van der Waals surface area contributed by atoms with Crippen molar-refractivity contribution in [3.63, 3.8) is 0 Å². The van der Waals surface area contributed by atoms with Crippen LogP contribution in [0.1, 0.15) is 36.5 Å². The van der Waals surface area contributed by atoms with Gasteiger partial charge in [-0.3, -0.25) is 0 Å². The number of alkyl halides is 6. The summed E-state index contributed by atoms with van der Waals surface area (Å²) < 4.78 is 72.9. The van der Waals surface area contributed by atoms with Crippen molar-refractivity contribution in [3.8, 4) is 0 Å². The summed E-state index contributed by atoms with van der Waals surface area (Å²) in [6.07, 6.45) is -11.8. The van der Waals surface area contributed by atoms with Gasteiger partial charge in [-0.15, -0.1) is 0 Å². The largest absolute Gasteiger partial charge is 0.416 e. The molecule has 0 radical (unpaired) electrons. The Bertz CT molecular complexity index is 409. The molecule has 0 amide bonds. The van der Waals surface area contributed by atoms with Crippen LogP contribution in [0.25, 0.3) is 0 Å². The van der Waals surface area contributed by atoms with Gasteiger partial charge in [0.1, 0.15) is 0 Å². The van der Waals surface area contributed by atoms with E-state index in [2.05, 4.69) is 0 Å². The molecule has 108 valence electrons. The molecule has 19 heavy (non-hydrogen) atoms. The Hall–Kier alpha value is -1.24. The van der Waals surface area contributed by atoms with Gasteiger partial charge in [0.05, 0.1) is 11.7 Å². The Balaban J connectivity index is 2.65. The molecule has 0 aliphatic heterocycles. The Morgan fingerprint density at radius 1 is 1.05 bits per heavy atom. The average molecular weight is 286 g/mol. The zero-order valence-corrected chi connectivity index (χ0v) is 9.72. The maximum Gasteiger partial charge on any atom is 0.416 e. The summed E-state index contributed by atoms with van der Waals surface area (Å²) in [7, 11) is 0. The normalized spacial score (nSPS) is 14.5. The van der Waals surface area contributed by atoms with E-state index in [9.17, 15) is 31.4 Å². The lowest BCUT2D eigenvalue weighted by Crippen LogP contribution is -2.09. The molecule has 7 heteroatoms. The minimum atomic E-state index is -4.54. The minimum absolute atomic E-state index is 0.0306. The maximum atomic E-state index is 12.4. The smallest absolute Gasteiger partial charge is 0.388 e. The Labute approximate surface area is 105 Å². The highest BCUT2D eigenvalue weighted by Gasteiger charge is 2.31. The average Bonchev–Trinajstić information content (AvgIpc) is 2.26. The molecule has 1 aromatic carbocycles. The standard InChI is InChI=1S/C12H12F6O/c13-11(14,15)6-2-5-10(19)8-3-1-4-9(7-8)12(16,17)18/h1,3-4,7,10,19H,2,5-6H2. The summed E-state index contributed by atoms with van der Waals surface area (Å²) in [5.41, 5.74) is -0.961. The molecule has 0 saturated heterocycles. The summed E-state index contributed by atoms with van der Waals surface area (Å²) in [5, 5.41) is 9.57. The Kier molecular flexibility index (Phi) is 4.84. The number of aliphatic hydroxyl groups excluding tert-OH is 1. The molecule has 0 fully saturated rings. The second-order valence-corrected chi connectivity index (χ2v) is 4.15. The summed E-state index contributed by atoms with van der Waals surface area (Å²) in [6, 6.07) is 3.96. The first kappa shape index (κ1) is 15.8. The predicted octanol–water partition coefficient (Wildman–Crippen LogP) is 4.47. The van der Waals surface area contributed by atoms with E-state index < -0.39 is 30.4 Å². The summed E-state index contributed by atoms with van der Waals surface area (Å²) in [6.45, 7) is 0. The van der Waals surface area contributed by atoms with Gasteiger partial charge in [-0.25, -0.2) is 0 Å². The number of hydrogen-bond acceptors (Lipinski definition) is 1. The van der Waals surface area contributed by atoms with Crippen LogP contribution in [0.4, 0.5) is 26.3 Å². The summed E-state index contributed by atoms with van der Waals surface area (Å²) in [4.78, 5) is 0. The lowest BCUT2D eigenvalue weighted by Gasteiger charge is -2.14. The molecule has 1 nitrogen and oxygen atoms in total. The van der Waals surface area contributed by atoms with E-state index in [0.29, 0.717) is 0 Å². The van der Waals surface area contributed by atoms with Crippen LogP contribution in [0.5, 0.6) is 0 Å². The fourth-order valence-electron chi connectivity index (χ4n) is 1.58. The highest BCUT2D eigenvalue weighted by atomic mass is 19.4. The number of hydrogen-bond donors (Lipinski definition) is 1. The lowest BCUT2D eigenvalue weighted by molar-refractivity contribution is -0.137. The second-order valence-electron chi connectivity index (χ2n) is 4.15. The number of benzene rings is 1. The first-order valence-electron chi connectivity index (χ1n) is 5.51. The molecule has 1 atom stereocenters. The fraction of sp³-hybridized carbons (Fsp3) is 0.500. The third-order valence-corrected chi connectivity index (χ3v) is 2.54. The molecule has 1 N–H and O–H groups in total. The molecule has 1 rings (SSSR count). The molecular formula is C12H12F6O. The van der Waals surface area contributed by atoms with Crippen molar-refractivity contribution < 1.29 is 31.4 Å². The third-order valence-electron chi connectivity index (χ3n) is 2.54. The number of aliphatic hydroxyl groups is 1. The van der Waals surface area contributed by atoms with Crippen LogP contribution in [0.15, 0.2) is 24.3 Å². The van der Waals surface area contributed by atoms with Gasteiger partial charge in [0.2, 0.25) is 0 Å². The SMILES string of the molecule is OC(CCCC(F)(F)F)c1cccc(C(F)(F)F)c1. The maximum absolute atomic E-state index is 12.4. The van der Waals surface area contributed by atoms with Crippen molar-refractivity contribution in [1.29, 1.82) is 0 Å². The van der Waals surface area contributed by atoms with Crippen LogP contribution in [0, 0.1) is 0 Å². The molecule has 0 spiro atoms. The van der Waals surface area contributed by atoms with Crippen LogP contribution in [-0.4, -0.2) is 11.3 Å². The van der Waals surface area contributed by atoms with Gasteiger partial charge in [-0.05, 0) is 30.5 Å². The molecule has 0 heterocycles. The van der Waals surface area contributed by atoms with Crippen molar-refractivity contribution in [3.05, 3.63) is 35.4 Å². The van der Waals surface area contributed by atoms with Gasteiger partial charge in [0, 0.05) is 6.42 Å². The van der Waals surface area contributed by atoms with Gasteiger partial charge in [-0.2, -0.15) is 26.3 Å². The monoisotopic (exact) mass is 286 g/mol. The van der Waals surface area contributed by atoms with Crippen molar-refractivity contribution in [2.45, 2.75) is 37.7 Å². The number of halogens is 6. The van der Waals surface area contributed by atoms with Gasteiger partial charge in [0.25, 0.3) is 0 Å². The van der Waals surface area contributed by atoms with Crippen LogP contribution in [-0.2, 0) is 6.18 Å². The highest BCUT2D eigenvalue weighted by molar-refractivity contribution is 5.27. The zero-order chi connectivity index (χ0) is 14.7.